The molecule has 2 fully saturated rings. The Kier molecular flexibility index (Phi) is 9.69. The second-order valence-electron chi connectivity index (χ2n) is 13.8. The second kappa shape index (κ2) is 12.5. The van der Waals surface area contributed by atoms with E-state index in [1.165, 1.54) is 25.0 Å². The van der Waals surface area contributed by atoms with Crippen molar-refractivity contribution >= 4 is 5.69 Å². The van der Waals surface area contributed by atoms with E-state index in [1.54, 1.807) is 7.11 Å². The molecular formula is C34H49F3N2O2. The number of nitrogens with zero attached hydrogens (tertiary/aromatic N) is 1. The molecule has 0 radical (unpaired) electrons. The lowest BCUT2D eigenvalue weighted by Gasteiger charge is -2.47. The fraction of sp³-hybridized carbons (Fsp3) is 0.647. The van der Waals surface area contributed by atoms with Crippen LogP contribution in [-0.2, 0) is 10.2 Å². The first-order chi connectivity index (χ1) is 19.2. The maximum absolute atomic E-state index is 14.1. The standard InChI is InChI=1S/C34H49F3N2O2/c1-31(2,34(35,36)37)24-39(22-25-6-8-26(9-7-25)27-10-14-29(38)15-11-27)20-18-33(19-21-41-32(3,4)23-33)28-12-16-30(40-5)17-13-28/h10-17,25-26H,6-9,18-24,38H2,1-5H3/t25?,26?,33-/m1/s1. The summed E-state index contributed by atoms with van der Waals surface area (Å²) in [5.41, 5.74) is 6.93. The van der Waals surface area contributed by atoms with Crippen LogP contribution in [0.2, 0.25) is 0 Å². The molecule has 2 aliphatic rings. The third-order valence-electron chi connectivity index (χ3n) is 9.60. The normalized spacial score (nSPS) is 25.3. The van der Waals surface area contributed by atoms with E-state index in [1.807, 2.05) is 24.3 Å². The Labute approximate surface area is 244 Å². The summed E-state index contributed by atoms with van der Waals surface area (Å²) in [7, 11) is 1.66. The van der Waals surface area contributed by atoms with Gasteiger partial charge in [0.25, 0.3) is 0 Å². The summed E-state index contributed by atoms with van der Waals surface area (Å²) in [6.07, 6.45) is 2.40. The van der Waals surface area contributed by atoms with Crippen LogP contribution in [0.25, 0.3) is 0 Å². The summed E-state index contributed by atoms with van der Waals surface area (Å²) in [4.78, 5) is 2.12. The zero-order valence-electron chi connectivity index (χ0n) is 25.5. The van der Waals surface area contributed by atoms with E-state index >= 15 is 0 Å². The van der Waals surface area contributed by atoms with Gasteiger partial charge in [-0.1, -0.05) is 24.3 Å². The molecule has 2 aromatic rings. The van der Waals surface area contributed by atoms with Gasteiger partial charge in [0, 0.05) is 30.8 Å². The van der Waals surface area contributed by atoms with Gasteiger partial charge in [0.15, 0.2) is 0 Å². The Bertz CT molecular complexity index is 1110. The molecule has 7 heteroatoms. The van der Waals surface area contributed by atoms with Gasteiger partial charge in [0.1, 0.15) is 5.75 Å². The van der Waals surface area contributed by atoms with Crippen molar-refractivity contribution < 1.29 is 22.6 Å². The number of rotatable bonds is 10. The van der Waals surface area contributed by atoms with E-state index in [2.05, 4.69) is 43.0 Å². The van der Waals surface area contributed by atoms with Crippen molar-refractivity contribution in [3.8, 4) is 5.75 Å². The maximum atomic E-state index is 14.1. The molecule has 0 amide bonds. The summed E-state index contributed by atoms with van der Waals surface area (Å²) in [6.45, 7) is 8.90. The van der Waals surface area contributed by atoms with Crippen LogP contribution < -0.4 is 10.5 Å². The minimum absolute atomic E-state index is 0.00692. The zero-order chi connectivity index (χ0) is 29.9. The number of nitrogens with two attached hydrogens (primary N) is 1. The van der Waals surface area contributed by atoms with E-state index in [0.29, 0.717) is 31.5 Å². The average Bonchev–Trinajstić information content (AvgIpc) is 2.91. The molecule has 0 bridgehead atoms. The van der Waals surface area contributed by atoms with E-state index < -0.39 is 11.6 Å². The van der Waals surface area contributed by atoms with Gasteiger partial charge < -0.3 is 20.1 Å². The lowest BCUT2D eigenvalue weighted by Crippen LogP contribution is -2.49. The predicted octanol–water partition coefficient (Wildman–Crippen LogP) is 8.36. The number of methoxy groups -OCH3 is 1. The van der Waals surface area contributed by atoms with Crippen molar-refractivity contribution in [2.24, 2.45) is 11.3 Å². The van der Waals surface area contributed by atoms with Gasteiger partial charge in [-0.2, -0.15) is 13.2 Å². The largest absolute Gasteiger partial charge is 0.497 e. The van der Waals surface area contributed by atoms with E-state index in [9.17, 15) is 13.2 Å². The molecule has 228 valence electrons. The molecule has 1 heterocycles. The summed E-state index contributed by atoms with van der Waals surface area (Å²) >= 11 is 0. The average molecular weight is 575 g/mol. The van der Waals surface area contributed by atoms with E-state index in [0.717, 1.165) is 56.4 Å². The summed E-state index contributed by atoms with van der Waals surface area (Å²) in [5.74, 6) is 1.69. The Morgan fingerprint density at radius 1 is 0.976 bits per heavy atom. The molecular weight excluding hydrogens is 525 g/mol. The molecule has 0 aromatic heterocycles. The molecule has 1 atom stereocenters. The number of benzene rings is 2. The summed E-state index contributed by atoms with van der Waals surface area (Å²) < 4.78 is 53.7. The minimum atomic E-state index is -4.26. The third kappa shape index (κ3) is 7.98. The molecule has 1 aliphatic heterocycles. The smallest absolute Gasteiger partial charge is 0.395 e. The van der Waals surface area contributed by atoms with Crippen LogP contribution in [0.1, 0.15) is 89.7 Å². The van der Waals surface area contributed by atoms with Gasteiger partial charge in [0.2, 0.25) is 0 Å². The number of alkyl halides is 3. The first-order valence-corrected chi connectivity index (χ1v) is 15.1. The third-order valence-corrected chi connectivity index (χ3v) is 9.60. The fourth-order valence-electron chi connectivity index (χ4n) is 7.09. The number of ether oxygens (including phenoxy) is 2. The number of hydrogen-bond donors (Lipinski definition) is 1. The van der Waals surface area contributed by atoms with Crippen molar-refractivity contribution in [3.63, 3.8) is 0 Å². The quantitative estimate of drug-likeness (QED) is 0.290. The molecule has 4 rings (SSSR count). The molecule has 0 spiro atoms. The van der Waals surface area contributed by atoms with Crippen LogP contribution >= 0.6 is 0 Å². The van der Waals surface area contributed by atoms with Crippen molar-refractivity contribution in [1.29, 1.82) is 0 Å². The molecule has 2 N–H and O–H groups in total. The zero-order valence-corrected chi connectivity index (χ0v) is 25.5. The Hall–Kier alpha value is -2.25. The SMILES string of the molecule is COc1ccc([C@]2(CCN(CC3CCC(c4ccc(N)cc4)CC3)CC(C)(C)C(F)(F)F)CCOC(C)(C)C2)cc1. The molecule has 0 unspecified atom stereocenters. The lowest BCUT2D eigenvalue weighted by molar-refractivity contribution is -0.217. The summed E-state index contributed by atoms with van der Waals surface area (Å²) in [5, 5.41) is 0. The molecule has 1 saturated heterocycles. The molecule has 41 heavy (non-hydrogen) atoms. The van der Waals surface area contributed by atoms with Gasteiger partial charge in [-0.05, 0) is 126 Å². The molecule has 1 aliphatic carbocycles. The van der Waals surface area contributed by atoms with E-state index in [4.69, 9.17) is 15.2 Å². The van der Waals surface area contributed by atoms with Crippen LogP contribution in [0, 0.1) is 11.3 Å². The van der Waals surface area contributed by atoms with Crippen molar-refractivity contribution in [3.05, 3.63) is 59.7 Å². The lowest BCUT2D eigenvalue weighted by atomic mass is 9.67. The van der Waals surface area contributed by atoms with Gasteiger partial charge in [0.05, 0.1) is 18.1 Å². The number of hydrogen-bond acceptors (Lipinski definition) is 4. The highest BCUT2D eigenvalue weighted by atomic mass is 19.4. The van der Waals surface area contributed by atoms with Gasteiger partial charge in [-0.25, -0.2) is 0 Å². The second-order valence-corrected chi connectivity index (χ2v) is 13.8. The Balaban J connectivity index is 1.51. The van der Waals surface area contributed by atoms with Gasteiger partial charge >= 0.3 is 6.18 Å². The topological polar surface area (TPSA) is 47.7 Å². The summed E-state index contributed by atoms with van der Waals surface area (Å²) in [6, 6.07) is 16.4. The van der Waals surface area contributed by atoms with Crippen LogP contribution in [0.15, 0.2) is 48.5 Å². The Morgan fingerprint density at radius 2 is 1.61 bits per heavy atom. The first kappa shape index (κ1) is 31.7. The van der Waals surface area contributed by atoms with Crippen molar-refractivity contribution in [1.82, 2.24) is 4.90 Å². The van der Waals surface area contributed by atoms with Crippen LogP contribution in [0.5, 0.6) is 5.75 Å². The number of anilines is 1. The fourth-order valence-corrected chi connectivity index (χ4v) is 7.09. The van der Waals surface area contributed by atoms with Crippen LogP contribution in [0.3, 0.4) is 0 Å². The first-order valence-electron chi connectivity index (χ1n) is 15.1. The minimum Gasteiger partial charge on any atom is -0.497 e. The molecule has 2 aromatic carbocycles. The van der Waals surface area contributed by atoms with Crippen molar-refractivity contribution in [2.75, 3.05) is 39.1 Å². The monoisotopic (exact) mass is 574 g/mol. The van der Waals surface area contributed by atoms with Crippen molar-refractivity contribution in [2.45, 2.75) is 95.8 Å². The van der Waals surface area contributed by atoms with Gasteiger partial charge in [-0.15, -0.1) is 0 Å². The highest BCUT2D eigenvalue weighted by Gasteiger charge is 2.49. The van der Waals surface area contributed by atoms with E-state index in [-0.39, 0.29) is 17.6 Å². The number of halogens is 3. The maximum Gasteiger partial charge on any atom is 0.395 e. The molecule has 1 saturated carbocycles. The Morgan fingerprint density at radius 3 is 2.17 bits per heavy atom. The van der Waals surface area contributed by atoms with Crippen LogP contribution in [-0.4, -0.2) is 50.0 Å². The molecule has 4 nitrogen and oxygen atoms in total. The number of nitrogen functional groups attached to an aromatic ring is 1. The van der Waals surface area contributed by atoms with Gasteiger partial charge in [-0.3, -0.25) is 0 Å². The predicted molar refractivity (Wildman–Crippen MR) is 160 cm³/mol. The van der Waals surface area contributed by atoms with Crippen LogP contribution in [0.4, 0.5) is 18.9 Å². The highest BCUT2D eigenvalue weighted by Crippen LogP contribution is 2.46. The highest BCUT2D eigenvalue weighted by molar-refractivity contribution is 5.40.